The minimum absolute atomic E-state index is 0.0191. The van der Waals surface area contributed by atoms with E-state index in [2.05, 4.69) is 101 Å². The van der Waals surface area contributed by atoms with Gasteiger partial charge in [0, 0.05) is 58.6 Å². The van der Waals surface area contributed by atoms with Gasteiger partial charge in [-0.2, -0.15) is 0 Å². The van der Waals surface area contributed by atoms with Gasteiger partial charge in [0.25, 0.3) is 5.91 Å². The van der Waals surface area contributed by atoms with E-state index in [-0.39, 0.29) is 49.7 Å². The third-order valence-electron chi connectivity index (χ3n) is 12.1. The van der Waals surface area contributed by atoms with E-state index in [1.807, 2.05) is 0 Å². The number of alkyl carbamates (subject to hydrolysis) is 3. The minimum atomic E-state index is -2.11. The maximum absolute atomic E-state index is 14.3. The molecule has 0 heterocycles. The lowest BCUT2D eigenvalue weighted by atomic mass is 9.72. The molecule has 0 saturated heterocycles. The second kappa shape index (κ2) is 29.4. The Bertz CT molecular complexity index is 2440. The van der Waals surface area contributed by atoms with Crippen LogP contribution in [0.2, 0.25) is 0 Å². The molecule has 6 amide bonds. The molecule has 4 rings (SSSR count). The fourth-order valence-electron chi connectivity index (χ4n) is 8.17. The van der Waals surface area contributed by atoms with Crippen molar-refractivity contribution in [1.82, 2.24) is 26.7 Å². The van der Waals surface area contributed by atoms with Crippen molar-refractivity contribution in [1.29, 1.82) is 21.6 Å². The number of nitrogens with one attached hydrogen (secondary N) is 9. The summed E-state index contributed by atoms with van der Waals surface area (Å²) in [6, 6.07) is -4.35. The van der Waals surface area contributed by atoms with Crippen molar-refractivity contribution in [2.24, 2.45) is 27.2 Å². The first-order valence-corrected chi connectivity index (χ1v) is 24.3. The molecule has 394 valence electrons. The molecule has 28 heteroatoms. The molecule has 27 nitrogen and oxygen atoms in total. The van der Waals surface area contributed by atoms with Crippen LogP contribution in [0.4, 0.5) is 14.4 Å². The number of carbonyl (C=O) groups is 6. The van der Waals surface area contributed by atoms with Gasteiger partial charge in [0.15, 0.2) is 11.2 Å². The largest absolute Gasteiger partial charge is 0.431 e. The molecule has 0 radical (unpaired) electrons. The van der Waals surface area contributed by atoms with Crippen molar-refractivity contribution in [2.75, 3.05) is 25.4 Å². The van der Waals surface area contributed by atoms with Gasteiger partial charge in [-0.25, -0.2) is 20.2 Å². The molecular formula is C46H59N17O10S. The van der Waals surface area contributed by atoms with E-state index in [0.29, 0.717) is 30.4 Å². The highest BCUT2D eigenvalue weighted by molar-refractivity contribution is 8.01. The number of allylic oxidation sites excluding steroid dienone is 11. The van der Waals surface area contributed by atoms with Gasteiger partial charge < -0.3 is 57.1 Å². The van der Waals surface area contributed by atoms with Crippen molar-refractivity contribution < 1.29 is 43.0 Å². The fourth-order valence-corrected chi connectivity index (χ4v) is 9.88. The van der Waals surface area contributed by atoms with Gasteiger partial charge in [0.1, 0.15) is 23.9 Å². The molecule has 0 saturated carbocycles. The molecule has 0 aliphatic heterocycles. The Balaban J connectivity index is 1.51. The zero-order chi connectivity index (χ0) is 54.0. The highest BCUT2D eigenvalue weighted by Gasteiger charge is 2.45. The third-order valence-corrected chi connectivity index (χ3v) is 13.8. The number of ether oxygens (including phenoxy) is 3. The van der Waals surface area contributed by atoms with E-state index < -0.39 is 83.2 Å². The van der Waals surface area contributed by atoms with Crippen LogP contribution in [0, 0.1) is 32.5 Å². The van der Waals surface area contributed by atoms with Crippen LogP contribution in [-0.4, -0.2) is 120 Å². The molecule has 0 aromatic rings. The van der Waals surface area contributed by atoms with Gasteiger partial charge in [-0.05, 0) is 98.4 Å². The number of hydrogen-bond donors (Lipinski definition) is 10. The molecular weight excluding hydrogens is 983 g/mol. The predicted octanol–water partition coefficient (Wildman–Crippen LogP) is 6.13. The lowest BCUT2D eigenvalue weighted by Gasteiger charge is -2.44. The van der Waals surface area contributed by atoms with E-state index in [1.54, 1.807) is 0 Å². The van der Waals surface area contributed by atoms with Crippen LogP contribution in [-0.2, 0) is 28.6 Å². The zero-order valence-electron chi connectivity index (χ0n) is 40.2. The molecule has 4 aliphatic rings. The second-order valence-corrected chi connectivity index (χ2v) is 18.3. The molecule has 0 fully saturated rings. The lowest BCUT2D eigenvalue weighted by Crippen LogP contribution is -2.57. The SMILES string of the molecule is [N-]=[N+]=NCC(C=N)(C=N)OC(=O)NC(CCNC(=O)OC1=CC=C(C[C@H](NC(=O)OC(C=N)(C=N)CN=[N+]=[N-])C(=O)N=O)CC1)C(=O)N[C@@H](CSC(C1=CCCC=C1)(C1=CCCC=C1)C1C=CCCC1)C(=O)NN. The molecule has 0 aromatic heterocycles. The van der Waals surface area contributed by atoms with Crippen LogP contribution in [0.1, 0.15) is 70.6 Å². The first kappa shape index (κ1) is 58.4. The molecule has 74 heavy (non-hydrogen) atoms. The van der Waals surface area contributed by atoms with Crippen molar-refractivity contribution in [2.45, 2.75) is 105 Å². The summed E-state index contributed by atoms with van der Waals surface area (Å²) in [5, 5.41) is 49.2. The first-order chi connectivity index (χ1) is 35.7. The Hall–Kier alpha value is -8.19. The monoisotopic (exact) mass is 1040 g/mol. The Morgan fingerprint density at radius 2 is 1.36 bits per heavy atom. The molecule has 0 bridgehead atoms. The summed E-state index contributed by atoms with van der Waals surface area (Å²) < 4.78 is 15.1. The van der Waals surface area contributed by atoms with Crippen LogP contribution in [0.25, 0.3) is 20.9 Å². The number of thioether (sulfide) groups is 1. The number of hydrazine groups is 1. The number of amides is 6. The average Bonchev–Trinajstić information content (AvgIpc) is 3.43. The highest BCUT2D eigenvalue weighted by Crippen LogP contribution is 2.52. The van der Waals surface area contributed by atoms with Crippen molar-refractivity contribution in [3.63, 3.8) is 0 Å². The van der Waals surface area contributed by atoms with Crippen molar-refractivity contribution >= 4 is 72.6 Å². The van der Waals surface area contributed by atoms with Crippen LogP contribution in [0.3, 0.4) is 0 Å². The average molecular weight is 1040 g/mol. The summed E-state index contributed by atoms with van der Waals surface area (Å²) in [4.78, 5) is 95.6. The zero-order valence-corrected chi connectivity index (χ0v) is 41.0. The maximum atomic E-state index is 14.3. The van der Waals surface area contributed by atoms with Crippen LogP contribution in [0.5, 0.6) is 0 Å². The lowest BCUT2D eigenvalue weighted by molar-refractivity contribution is -0.129. The summed E-state index contributed by atoms with van der Waals surface area (Å²) in [5.74, 6) is 2.97. The molecule has 0 aromatic carbocycles. The highest BCUT2D eigenvalue weighted by atomic mass is 32.2. The number of carbonyl (C=O) groups excluding carboxylic acids is 6. The summed E-state index contributed by atoms with van der Waals surface area (Å²) in [6.45, 7) is -1.62. The van der Waals surface area contributed by atoms with E-state index in [1.165, 1.54) is 23.9 Å². The molecule has 2 unspecified atom stereocenters. The number of nitrogens with zero attached hydrogens (tertiary/aromatic N) is 7. The van der Waals surface area contributed by atoms with Gasteiger partial charge in [-0.15, -0.1) is 16.7 Å². The Morgan fingerprint density at radius 3 is 1.84 bits per heavy atom. The van der Waals surface area contributed by atoms with E-state index in [4.69, 9.17) is 52.8 Å². The van der Waals surface area contributed by atoms with Gasteiger partial charge >= 0.3 is 24.2 Å². The fraction of sp³-hybridized carbons (Fsp3) is 0.478. The molecule has 4 atom stereocenters. The molecule has 4 aliphatic carbocycles. The standard InChI is InChI=1S/C46H59N17O10S/c47-24-44(25-48,28-55-62-52)72-42(68)58-35(20-21-54-41(67)71-34-18-16-30(17-19-34)22-36(40(66)61-70)59-43(69)73-45(26-49,27-50)29-56-63-53)38(64)57-37(39(65)60-51)23-74-46(31-10-4-1-5-11-31,32-12-6-2-7-13-32)33-14-8-3-9-15-33/h4,6,8,10-14,16,18,24-27,33,35-37,47-50H,1-3,5,7,9,15,17,19-23,28-29,51H2,(H,54,67)(H,57,64)(H,58,68)(H,59,69)(H,60,65)/t33?,35?,36-,37-,44?,45?/m0/s1. The number of rotatable bonds is 28. The summed E-state index contributed by atoms with van der Waals surface area (Å²) >= 11 is 1.50. The summed E-state index contributed by atoms with van der Waals surface area (Å²) in [6.07, 6.45) is 24.6. The number of azide groups is 2. The van der Waals surface area contributed by atoms with Crippen molar-refractivity contribution in [3.8, 4) is 0 Å². The van der Waals surface area contributed by atoms with Gasteiger partial charge in [0.05, 0.1) is 17.8 Å². The van der Waals surface area contributed by atoms with E-state index >= 15 is 0 Å². The minimum Gasteiger partial charge on any atom is -0.431 e. The molecule has 0 spiro atoms. The number of nitrogens with two attached hydrogens (primary N) is 1. The molecule has 11 N–H and O–H groups in total. The number of nitroso groups, excluding NO2 is 1. The topological polar surface area (TPSA) is 439 Å². The third kappa shape index (κ3) is 16.4. The maximum Gasteiger partial charge on any atom is 0.412 e. The van der Waals surface area contributed by atoms with Gasteiger partial charge in [-0.3, -0.25) is 19.8 Å². The van der Waals surface area contributed by atoms with E-state index in [0.717, 1.165) is 56.1 Å². The van der Waals surface area contributed by atoms with Gasteiger partial charge in [0.2, 0.25) is 5.91 Å². The van der Waals surface area contributed by atoms with Crippen LogP contribution >= 0.6 is 11.8 Å². The quantitative estimate of drug-likeness (QED) is 0.00404. The number of hydrogen-bond acceptors (Lipinski definition) is 18. The van der Waals surface area contributed by atoms with Gasteiger partial charge in [-0.1, -0.05) is 70.5 Å². The Morgan fingerprint density at radius 1 is 0.770 bits per heavy atom. The second-order valence-electron chi connectivity index (χ2n) is 17.0. The van der Waals surface area contributed by atoms with Crippen molar-refractivity contribution in [3.05, 3.63) is 109 Å². The van der Waals surface area contributed by atoms with Crippen LogP contribution < -0.4 is 32.5 Å². The Kier molecular flexibility index (Phi) is 23.2. The Labute approximate surface area is 429 Å². The predicted molar refractivity (Wildman–Crippen MR) is 274 cm³/mol. The smallest absolute Gasteiger partial charge is 0.412 e. The summed E-state index contributed by atoms with van der Waals surface area (Å²) in [5.41, 5.74) is 18.1. The first-order valence-electron chi connectivity index (χ1n) is 23.3. The normalized spacial score (nSPS) is 18.6. The summed E-state index contributed by atoms with van der Waals surface area (Å²) in [7, 11) is 0. The van der Waals surface area contributed by atoms with Crippen LogP contribution in [0.15, 0.2) is 98.6 Å². The van der Waals surface area contributed by atoms with E-state index in [9.17, 15) is 33.7 Å².